The van der Waals surface area contributed by atoms with Crippen LogP contribution in [0.15, 0.2) is 0 Å². The van der Waals surface area contributed by atoms with E-state index in [2.05, 4.69) is 5.32 Å². The minimum absolute atomic E-state index is 0.312. The summed E-state index contributed by atoms with van der Waals surface area (Å²) in [6.07, 6.45) is -2.58. The third kappa shape index (κ3) is 3.08. The van der Waals surface area contributed by atoms with Crippen molar-refractivity contribution in [3.05, 3.63) is 0 Å². The van der Waals surface area contributed by atoms with Crippen LogP contribution >= 0.6 is 0 Å². The average Bonchev–Trinajstić information content (AvgIpc) is 2.17. The van der Waals surface area contributed by atoms with Gasteiger partial charge in [-0.3, -0.25) is 4.90 Å². The van der Waals surface area contributed by atoms with Crippen LogP contribution in [0.1, 0.15) is 26.7 Å². The molecule has 1 fully saturated rings. The molecular weight excluding hydrogens is 205 g/mol. The molecule has 1 rings (SSSR count). The van der Waals surface area contributed by atoms with E-state index < -0.39 is 12.7 Å². The Balaban J connectivity index is 2.73. The average molecular weight is 224 g/mol. The molecule has 0 aromatic heterocycles. The van der Waals surface area contributed by atoms with E-state index >= 15 is 0 Å². The fourth-order valence-electron chi connectivity index (χ4n) is 2.29. The molecule has 0 aromatic rings. The number of hydrogen-bond donors (Lipinski definition) is 1. The largest absolute Gasteiger partial charge is 0.401 e. The summed E-state index contributed by atoms with van der Waals surface area (Å²) in [6.45, 7) is 4.94. The highest BCUT2D eigenvalue weighted by Gasteiger charge is 2.41. The van der Waals surface area contributed by atoms with Crippen LogP contribution in [-0.4, -0.2) is 42.8 Å². The number of rotatable bonds is 3. The van der Waals surface area contributed by atoms with E-state index in [1.165, 1.54) is 0 Å². The lowest BCUT2D eigenvalue weighted by atomic mass is 9.88. The lowest BCUT2D eigenvalue weighted by Gasteiger charge is -2.47. The second-order valence-electron chi connectivity index (χ2n) is 4.14. The van der Waals surface area contributed by atoms with Gasteiger partial charge in [0, 0.05) is 25.2 Å². The van der Waals surface area contributed by atoms with Gasteiger partial charge < -0.3 is 5.32 Å². The highest BCUT2D eigenvalue weighted by atomic mass is 19.4. The lowest BCUT2D eigenvalue weighted by molar-refractivity contribution is -0.163. The van der Waals surface area contributed by atoms with Gasteiger partial charge in [0.25, 0.3) is 0 Å². The molecule has 0 bridgehead atoms. The zero-order valence-electron chi connectivity index (χ0n) is 9.32. The molecule has 5 heteroatoms. The Bertz CT molecular complexity index is 199. The maximum absolute atomic E-state index is 12.4. The predicted octanol–water partition coefficient (Wildman–Crippen LogP) is 2.01. The van der Waals surface area contributed by atoms with Crippen molar-refractivity contribution >= 4 is 0 Å². The first kappa shape index (κ1) is 12.8. The molecule has 1 aliphatic heterocycles. The van der Waals surface area contributed by atoms with Crippen molar-refractivity contribution in [2.75, 3.05) is 26.2 Å². The molecule has 0 atom stereocenters. The van der Waals surface area contributed by atoms with Crippen molar-refractivity contribution in [1.29, 1.82) is 0 Å². The Hall–Kier alpha value is -0.290. The number of hydrogen-bond acceptors (Lipinski definition) is 2. The summed E-state index contributed by atoms with van der Waals surface area (Å²) in [5.74, 6) is 0. The summed E-state index contributed by atoms with van der Waals surface area (Å²) >= 11 is 0. The molecule has 1 N–H and O–H groups in total. The summed E-state index contributed by atoms with van der Waals surface area (Å²) in [7, 11) is 0. The van der Waals surface area contributed by atoms with E-state index in [0.717, 1.165) is 12.8 Å². The van der Waals surface area contributed by atoms with Crippen molar-refractivity contribution < 1.29 is 13.2 Å². The van der Waals surface area contributed by atoms with Gasteiger partial charge >= 0.3 is 6.18 Å². The van der Waals surface area contributed by atoms with E-state index in [1.807, 2.05) is 13.8 Å². The van der Waals surface area contributed by atoms with E-state index in [1.54, 1.807) is 4.90 Å². The third-order valence-corrected chi connectivity index (χ3v) is 3.37. The first-order valence-corrected chi connectivity index (χ1v) is 5.46. The van der Waals surface area contributed by atoms with Crippen molar-refractivity contribution in [1.82, 2.24) is 10.2 Å². The fraction of sp³-hybridized carbons (Fsp3) is 1.00. The Labute approximate surface area is 88.8 Å². The maximum Gasteiger partial charge on any atom is 0.401 e. The normalized spacial score (nSPS) is 23.0. The molecular formula is C10H19F3N2. The zero-order valence-corrected chi connectivity index (χ0v) is 9.32. The first-order valence-electron chi connectivity index (χ1n) is 5.46. The van der Waals surface area contributed by atoms with Gasteiger partial charge in [0.05, 0.1) is 6.54 Å². The third-order valence-electron chi connectivity index (χ3n) is 3.37. The van der Waals surface area contributed by atoms with Crippen LogP contribution in [0, 0.1) is 0 Å². The molecule has 0 aliphatic carbocycles. The van der Waals surface area contributed by atoms with Crippen molar-refractivity contribution in [3.63, 3.8) is 0 Å². The number of nitrogens with zero attached hydrogens (tertiary/aromatic N) is 1. The lowest BCUT2D eigenvalue weighted by Crippen LogP contribution is -2.62. The first-order chi connectivity index (χ1) is 6.93. The number of alkyl halides is 3. The minimum Gasteiger partial charge on any atom is -0.314 e. The van der Waals surface area contributed by atoms with Crippen LogP contribution in [0.2, 0.25) is 0 Å². The van der Waals surface area contributed by atoms with Crippen LogP contribution in [0.4, 0.5) is 13.2 Å². The van der Waals surface area contributed by atoms with Crippen LogP contribution in [0.5, 0.6) is 0 Å². The summed E-state index contributed by atoms with van der Waals surface area (Å²) in [4.78, 5) is 1.59. The van der Waals surface area contributed by atoms with Gasteiger partial charge in [-0.15, -0.1) is 0 Å². The highest BCUT2D eigenvalue weighted by molar-refractivity contribution is 4.94. The Morgan fingerprint density at radius 3 is 2.33 bits per heavy atom. The minimum atomic E-state index is -4.09. The molecule has 0 radical (unpaired) electrons. The molecule has 1 heterocycles. The summed E-state index contributed by atoms with van der Waals surface area (Å²) in [5, 5.41) is 3.18. The maximum atomic E-state index is 12.4. The summed E-state index contributed by atoms with van der Waals surface area (Å²) < 4.78 is 37.2. The van der Waals surface area contributed by atoms with Gasteiger partial charge in [-0.25, -0.2) is 0 Å². The summed E-state index contributed by atoms with van der Waals surface area (Å²) in [5.41, 5.74) is -0.312. The highest BCUT2D eigenvalue weighted by Crippen LogP contribution is 2.29. The monoisotopic (exact) mass is 224 g/mol. The van der Waals surface area contributed by atoms with Crippen LogP contribution in [0.3, 0.4) is 0 Å². The fourth-order valence-corrected chi connectivity index (χ4v) is 2.29. The smallest absolute Gasteiger partial charge is 0.314 e. The Morgan fingerprint density at radius 1 is 1.27 bits per heavy atom. The number of halogens is 3. The van der Waals surface area contributed by atoms with Crippen LogP contribution in [0.25, 0.3) is 0 Å². The zero-order chi connectivity index (χ0) is 11.5. The van der Waals surface area contributed by atoms with Crippen molar-refractivity contribution in [2.24, 2.45) is 0 Å². The van der Waals surface area contributed by atoms with Gasteiger partial charge in [-0.05, 0) is 12.8 Å². The van der Waals surface area contributed by atoms with E-state index in [-0.39, 0.29) is 5.54 Å². The molecule has 90 valence electrons. The number of nitrogens with one attached hydrogen (secondary N) is 1. The second kappa shape index (κ2) is 4.70. The van der Waals surface area contributed by atoms with Gasteiger partial charge in [-0.2, -0.15) is 13.2 Å². The van der Waals surface area contributed by atoms with Gasteiger partial charge in [0.2, 0.25) is 0 Å². The molecule has 0 unspecified atom stereocenters. The number of piperazine rings is 1. The molecule has 2 nitrogen and oxygen atoms in total. The van der Waals surface area contributed by atoms with Gasteiger partial charge in [-0.1, -0.05) is 13.8 Å². The molecule has 0 aromatic carbocycles. The quantitative estimate of drug-likeness (QED) is 0.789. The van der Waals surface area contributed by atoms with Gasteiger partial charge in [0.15, 0.2) is 0 Å². The van der Waals surface area contributed by atoms with E-state index in [4.69, 9.17) is 0 Å². The molecule has 15 heavy (non-hydrogen) atoms. The van der Waals surface area contributed by atoms with Gasteiger partial charge in [0.1, 0.15) is 0 Å². The standard InChI is InChI=1S/C10H19F3N2/c1-3-9(4-2)7-14-5-6-15(9)8-10(11,12)13/h14H,3-8H2,1-2H3. The Kier molecular flexibility index (Phi) is 4.00. The second-order valence-corrected chi connectivity index (χ2v) is 4.14. The molecule has 0 spiro atoms. The van der Waals surface area contributed by atoms with E-state index in [0.29, 0.717) is 19.6 Å². The molecule has 0 saturated carbocycles. The van der Waals surface area contributed by atoms with E-state index in [9.17, 15) is 13.2 Å². The summed E-state index contributed by atoms with van der Waals surface area (Å²) in [6, 6.07) is 0. The van der Waals surface area contributed by atoms with Crippen molar-refractivity contribution in [3.8, 4) is 0 Å². The predicted molar refractivity (Wildman–Crippen MR) is 53.8 cm³/mol. The SMILES string of the molecule is CCC1(CC)CNCCN1CC(F)(F)F. The molecule has 1 saturated heterocycles. The topological polar surface area (TPSA) is 15.3 Å². The van der Waals surface area contributed by atoms with Crippen LogP contribution in [-0.2, 0) is 0 Å². The molecule has 1 aliphatic rings. The molecule has 0 amide bonds. The van der Waals surface area contributed by atoms with Crippen LogP contribution < -0.4 is 5.32 Å². The Morgan fingerprint density at radius 2 is 1.87 bits per heavy atom. The van der Waals surface area contributed by atoms with Crippen molar-refractivity contribution in [2.45, 2.75) is 38.4 Å².